The molecule has 0 spiro atoms. The molecule has 138 valence electrons. The van der Waals surface area contributed by atoms with Crippen LogP contribution in [0, 0.1) is 5.92 Å². The van der Waals surface area contributed by atoms with Gasteiger partial charge in [0.1, 0.15) is 0 Å². The minimum Gasteiger partial charge on any atom is -0.376 e. The molecule has 2 aliphatic rings. The number of nitrogens with one attached hydrogen (secondary N) is 1. The van der Waals surface area contributed by atoms with E-state index in [1.54, 1.807) is 0 Å². The minimum absolute atomic E-state index is 0.00304. The first kappa shape index (κ1) is 18.2. The molecule has 2 amide bonds. The van der Waals surface area contributed by atoms with E-state index in [0.717, 1.165) is 44.6 Å². The number of rotatable bonds is 5. The predicted octanol–water partition coefficient (Wildman–Crippen LogP) is 2.89. The van der Waals surface area contributed by atoms with Crippen molar-refractivity contribution in [3.8, 4) is 0 Å². The zero-order valence-electron chi connectivity index (χ0n) is 15.5. The Morgan fingerprint density at radius 2 is 2.00 bits per heavy atom. The van der Waals surface area contributed by atoms with Gasteiger partial charge in [-0.05, 0) is 57.3 Å². The highest BCUT2D eigenvalue weighted by atomic mass is 16.5. The second-order valence-corrected chi connectivity index (χ2v) is 7.52. The Bertz CT molecular complexity index is 537. The van der Waals surface area contributed by atoms with Gasteiger partial charge in [-0.3, -0.25) is 0 Å². The summed E-state index contributed by atoms with van der Waals surface area (Å²) in [7, 11) is 4.07. The molecule has 0 bridgehead atoms. The number of hydrogen-bond acceptors (Lipinski definition) is 3. The van der Waals surface area contributed by atoms with Gasteiger partial charge in [0.05, 0.1) is 12.1 Å². The van der Waals surface area contributed by atoms with Gasteiger partial charge >= 0.3 is 6.03 Å². The quantitative estimate of drug-likeness (QED) is 0.892. The van der Waals surface area contributed by atoms with Crippen LogP contribution in [0.5, 0.6) is 0 Å². The molecular formula is C20H31N3O2. The summed E-state index contributed by atoms with van der Waals surface area (Å²) >= 11 is 0. The van der Waals surface area contributed by atoms with Crippen molar-refractivity contribution in [1.82, 2.24) is 15.1 Å². The smallest absolute Gasteiger partial charge is 0.317 e. The molecule has 0 aromatic heterocycles. The summed E-state index contributed by atoms with van der Waals surface area (Å²) in [5.41, 5.74) is 1.12. The monoisotopic (exact) mass is 345 g/mol. The van der Waals surface area contributed by atoms with Gasteiger partial charge in [-0.25, -0.2) is 4.79 Å². The van der Waals surface area contributed by atoms with Crippen molar-refractivity contribution < 1.29 is 9.53 Å². The predicted molar refractivity (Wildman–Crippen MR) is 99.5 cm³/mol. The molecule has 2 atom stereocenters. The molecule has 25 heavy (non-hydrogen) atoms. The Balaban J connectivity index is 1.59. The number of piperidine rings is 1. The lowest BCUT2D eigenvalue weighted by Gasteiger charge is -2.33. The lowest BCUT2D eigenvalue weighted by Crippen LogP contribution is -2.45. The van der Waals surface area contributed by atoms with Crippen molar-refractivity contribution in [1.29, 1.82) is 0 Å². The fourth-order valence-electron chi connectivity index (χ4n) is 3.87. The molecule has 2 aliphatic heterocycles. The van der Waals surface area contributed by atoms with Gasteiger partial charge in [-0.2, -0.15) is 0 Å². The molecule has 1 aromatic rings. The Hall–Kier alpha value is -1.59. The average molecular weight is 345 g/mol. The van der Waals surface area contributed by atoms with Crippen LogP contribution >= 0.6 is 0 Å². The van der Waals surface area contributed by atoms with E-state index in [0.29, 0.717) is 5.92 Å². The zero-order chi connectivity index (χ0) is 17.6. The Kier molecular flexibility index (Phi) is 6.32. The highest BCUT2D eigenvalue weighted by Crippen LogP contribution is 2.27. The maximum absolute atomic E-state index is 12.8. The SMILES string of the molecule is CN1CCC(CN(C)C(=O)N[C@H](c2ccccc2)[C@@H]2CCCO2)CC1. The summed E-state index contributed by atoms with van der Waals surface area (Å²) in [6, 6.07) is 10.1. The van der Waals surface area contributed by atoms with Crippen molar-refractivity contribution in [3.05, 3.63) is 35.9 Å². The molecule has 0 aliphatic carbocycles. The fourth-order valence-corrected chi connectivity index (χ4v) is 3.87. The third-order valence-corrected chi connectivity index (χ3v) is 5.49. The number of benzene rings is 1. The number of carbonyl (C=O) groups excluding carboxylic acids is 1. The summed E-state index contributed by atoms with van der Waals surface area (Å²) in [4.78, 5) is 17.0. The lowest BCUT2D eigenvalue weighted by atomic mass is 9.96. The molecule has 5 nitrogen and oxygen atoms in total. The van der Waals surface area contributed by atoms with E-state index in [1.807, 2.05) is 30.1 Å². The van der Waals surface area contributed by atoms with Crippen LogP contribution in [0.15, 0.2) is 30.3 Å². The molecule has 1 aromatic carbocycles. The van der Waals surface area contributed by atoms with E-state index in [-0.39, 0.29) is 18.2 Å². The van der Waals surface area contributed by atoms with E-state index in [1.165, 1.54) is 12.8 Å². The Morgan fingerprint density at radius 3 is 2.64 bits per heavy atom. The van der Waals surface area contributed by atoms with Crippen molar-refractivity contribution in [2.24, 2.45) is 5.92 Å². The normalized spacial score (nSPS) is 23.4. The van der Waals surface area contributed by atoms with Crippen molar-refractivity contribution >= 4 is 6.03 Å². The maximum atomic E-state index is 12.8. The van der Waals surface area contributed by atoms with Crippen molar-refractivity contribution in [2.45, 2.75) is 37.8 Å². The standard InChI is InChI=1S/C20H31N3O2/c1-22-12-10-16(11-13-22)15-23(2)20(24)21-19(18-9-6-14-25-18)17-7-4-3-5-8-17/h3-5,7-8,16,18-19H,6,9-15H2,1-2H3,(H,21,24)/t18-,19+/m0/s1. The van der Waals surface area contributed by atoms with Crippen LogP contribution in [0.4, 0.5) is 4.79 Å². The highest BCUT2D eigenvalue weighted by Gasteiger charge is 2.30. The van der Waals surface area contributed by atoms with Crippen LogP contribution in [0.3, 0.4) is 0 Å². The van der Waals surface area contributed by atoms with Crippen LogP contribution in [0.1, 0.15) is 37.3 Å². The summed E-state index contributed by atoms with van der Waals surface area (Å²) in [5.74, 6) is 0.602. The number of ether oxygens (including phenoxy) is 1. The van der Waals surface area contributed by atoms with Crippen LogP contribution in [0.25, 0.3) is 0 Å². The first-order valence-corrected chi connectivity index (χ1v) is 9.50. The van der Waals surface area contributed by atoms with Gasteiger partial charge in [-0.1, -0.05) is 30.3 Å². The van der Waals surface area contributed by atoms with Crippen molar-refractivity contribution in [3.63, 3.8) is 0 Å². The van der Waals surface area contributed by atoms with Gasteiger partial charge in [0.2, 0.25) is 0 Å². The second kappa shape index (κ2) is 8.68. The van der Waals surface area contributed by atoms with Crippen molar-refractivity contribution in [2.75, 3.05) is 40.3 Å². The topological polar surface area (TPSA) is 44.8 Å². The van der Waals surface area contributed by atoms with E-state index in [2.05, 4.69) is 29.4 Å². The largest absolute Gasteiger partial charge is 0.376 e. The molecule has 3 rings (SSSR count). The molecular weight excluding hydrogens is 314 g/mol. The highest BCUT2D eigenvalue weighted by molar-refractivity contribution is 5.74. The third-order valence-electron chi connectivity index (χ3n) is 5.49. The summed E-state index contributed by atoms with van der Waals surface area (Å²) < 4.78 is 5.87. The number of amides is 2. The number of likely N-dealkylation sites (tertiary alicyclic amines) is 1. The van der Waals surface area contributed by atoms with Gasteiger partial charge in [0, 0.05) is 20.2 Å². The molecule has 2 saturated heterocycles. The fraction of sp³-hybridized carbons (Fsp3) is 0.650. The van der Waals surface area contributed by atoms with Gasteiger partial charge in [0.25, 0.3) is 0 Å². The molecule has 2 heterocycles. The van der Waals surface area contributed by atoms with E-state index in [4.69, 9.17) is 4.74 Å². The van der Waals surface area contributed by atoms with E-state index in [9.17, 15) is 4.79 Å². The molecule has 0 radical (unpaired) electrons. The number of nitrogens with zero attached hydrogens (tertiary/aromatic N) is 2. The molecule has 0 saturated carbocycles. The average Bonchev–Trinajstić information content (AvgIpc) is 3.16. The molecule has 5 heteroatoms. The number of carbonyl (C=O) groups is 1. The number of hydrogen-bond donors (Lipinski definition) is 1. The summed E-state index contributed by atoms with van der Waals surface area (Å²) in [6.07, 6.45) is 4.47. The number of urea groups is 1. The van der Waals surface area contributed by atoms with E-state index < -0.39 is 0 Å². The first-order chi connectivity index (χ1) is 12.1. The summed E-state index contributed by atoms with van der Waals surface area (Å²) in [5, 5.41) is 3.22. The second-order valence-electron chi connectivity index (χ2n) is 7.52. The van der Waals surface area contributed by atoms with Gasteiger partial charge < -0.3 is 19.9 Å². The van der Waals surface area contributed by atoms with Gasteiger partial charge in [0.15, 0.2) is 0 Å². The van der Waals surface area contributed by atoms with Gasteiger partial charge in [-0.15, -0.1) is 0 Å². The maximum Gasteiger partial charge on any atom is 0.317 e. The van der Waals surface area contributed by atoms with E-state index >= 15 is 0 Å². The summed E-state index contributed by atoms with van der Waals surface area (Å²) in [6.45, 7) is 3.87. The Morgan fingerprint density at radius 1 is 1.28 bits per heavy atom. The van der Waals surface area contributed by atoms with Crippen LogP contribution < -0.4 is 5.32 Å². The molecule has 2 fully saturated rings. The molecule has 0 unspecified atom stereocenters. The Labute approximate surface area is 151 Å². The van der Waals surface area contributed by atoms with Crippen LogP contribution in [0.2, 0.25) is 0 Å². The first-order valence-electron chi connectivity index (χ1n) is 9.50. The zero-order valence-corrected chi connectivity index (χ0v) is 15.5. The minimum atomic E-state index is -0.0730. The lowest BCUT2D eigenvalue weighted by molar-refractivity contribution is 0.0778. The van der Waals surface area contributed by atoms with Crippen LogP contribution in [-0.4, -0.2) is 62.3 Å². The molecule has 1 N–H and O–H groups in total. The third kappa shape index (κ3) is 4.95. The van der Waals surface area contributed by atoms with Crippen LogP contribution in [-0.2, 0) is 4.74 Å².